The molecule has 2 aromatic carbocycles. The summed E-state index contributed by atoms with van der Waals surface area (Å²) in [5.41, 5.74) is 3.07. The molecule has 0 amide bonds. The normalized spacial score (nSPS) is 28.0. The number of nitrogens with zero attached hydrogens (tertiary/aromatic N) is 2. The Bertz CT molecular complexity index is 837. The van der Waals surface area contributed by atoms with Crippen LogP contribution in [0.2, 0.25) is 0 Å². The van der Waals surface area contributed by atoms with Crippen LogP contribution in [0, 0.1) is 0 Å². The Morgan fingerprint density at radius 1 is 0.771 bits per heavy atom. The highest BCUT2D eigenvalue weighted by Gasteiger charge is 2.38. The zero-order valence-corrected chi connectivity index (χ0v) is 22.8. The van der Waals surface area contributed by atoms with Crippen molar-refractivity contribution in [2.24, 2.45) is 0 Å². The van der Waals surface area contributed by atoms with Crippen LogP contribution < -0.4 is 9.79 Å². The maximum Gasteiger partial charge on any atom is 0.115 e. The SMILES string of the molecule is CCC[N+]1(C)CCCC1c1ccccc1.CCC[N+]1(C)CCCC1c1ccccc1.O=P([O-])([O-])F. The molecule has 0 radical (unpaired) electrons. The van der Waals surface area contributed by atoms with E-state index in [2.05, 4.69) is 88.6 Å². The molecular weight excluding hydrogens is 462 g/mol. The molecule has 0 bridgehead atoms. The zero-order valence-electron chi connectivity index (χ0n) is 21.9. The number of rotatable bonds is 6. The van der Waals surface area contributed by atoms with Crippen molar-refractivity contribution < 1.29 is 27.5 Å². The summed E-state index contributed by atoms with van der Waals surface area (Å²) in [6, 6.07) is 23.6. The standard InChI is InChI=1S/2C14H22N.FH2O3P/c2*1-3-11-15(2)12-7-10-14(15)13-8-5-4-6-9-13;1-5(2,3)4/h2*4-6,8-9,14H,3,7,10-12H2,1-2H3;(H2,2,3,4)/q2*+1;/p-2. The zero-order chi connectivity index (χ0) is 26.0. The lowest BCUT2D eigenvalue weighted by molar-refractivity contribution is -0.926. The van der Waals surface area contributed by atoms with Crippen molar-refractivity contribution in [3.05, 3.63) is 71.8 Å². The molecule has 2 aromatic rings. The molecular formula is C28H44FN2O3P. The number of quaternary nitrogens is 2. The van der Waals surface area contributed by atoms with Crippen molar-refractivity contribution in [2.75, 3.05) is 40.3 Å². The summed E-state index contributed by atoms with van der Waals surface area (Å²) in [4.78, 5) is 16.9. The summed E-state index contributed by atoms with van der Waals surface area (Å²) in [7, 11) is -0.789. The first kappa shape index (κ1) is 29.7. The molecule has 2 heterocycles. The Morgan fingerprint density at radius 3 is 1.37 bits per heavy atom. The molecule has 2 aliphatic heterocycles. The number of hydrogen-bond acceptors (Lipinski definition) is 3. The Hall–Kier alpha value is -1.56. The molecule has 4 atom stereocenters. The molecule has 7 heteroatoms. The van der Waals surface area contributed by atoms with Crippen LogP contribution in [0.5, 0.6) is 0 Å². The molecule has 0 saturated carbocycles. The van der Waals surface area contributed by atoms with Crippen molar-refractivity contribution in [3.63, 3.8) is 0 Å². The average molecular weight is 507 g/mol. The molecule has 4 rings (SSSR count). The van der Waals surface area contributed by atoms with Gasteiger partial charge in [0.2, 0.25) is 0 Å². The quantitative estimate of drug-likeness (QED) is 0.382. The smallest absolute Gasteiger partial charge is 0.115 e. The summed E-state index contributed by atoms with van der Waals surface area (Å²) in [6.07, 6.45) is 8.08. The first-order valence-electron chi connectivity index (χ1n) is 13.0. The van der Waals surface area contributed by atoms with E-state index in [0.717, 1.165) is 12.1 Å². The van der Waals surface area contributed by atoms with E-state index < -0.39 is 7.91 Å². The van der Waals surface area contributed by atoms with Gasteiger partial charge in [0, 0.05) is 36.8 Å². The fourth-order valence-corrected chi connectivity index (χ4v) is 6.19. The molecule has 0 aliphatic carbocycles. The van der Waals surface area contributed by atoms with Gasteiger partial charge in [0.05, 0.1) is 40.3 Å². The lowest BCUT2D eigenvalue weighted by atomic mass is 10.0. The first-order valence-corrected chi connectivity index (χ1v) is 14.5. The average Bonchev–Trinajstić information content (AvgIpc) is 3.37. The highest BCUT2D eigenvalue weighted by Crippen LogP contribution is 2.38. The van der Waals surface area contributed by atoms with Crippen LogP contribution in [-0.2, 0) is 4.57 Å². The second kappa shape index (κ2) is 13.7. The Labute approximate surface area is 212 Å². The summed E-state index contributed by atoms with van der Waals surface area (Å²) < 4.78 is 21.1. The van der Waals surface area contributed by atoms with E-state index in [1.807, 2.05) is 0 Å². The summed E-state index contributed by atoms with van der Waals surface area (Å²) in [5, 5.41) is 0. The maximum absolute atomic E-state index is 10.1. The Balaban J connectivity index is 0.000000208. The van der Waals surface area contributed by atoms with E-state index in [-0.39, 0.29) is 0 Å². The third-order valence-corrected chi connectivity index (χ3v) is 7.64. The highest BCUT2D eigenvalue weighted by atomic mass is 31.2. The van der Waals surface area contributed by atoms with Crippen molar-refractivity contribution in [3.8, 4) is 0 Å². The monoisotopic (exact) mass is 506 g/mol. The Kier molecular flexibility index (Phi) is 11.6. The van der Waals surface area contributed by atoms with Crippen LogP contribution in [-0.4, -0.2) is 49.2 Å². The van der Waals surface area contributed by atoms with Gasteiger partial charge in [-0.1, -0.05) is 74.5 Å². The predicted molar refractivity (Wildman–Crippen MR) is 138 cm³/mol. The van der Waals surface area contributed by atoms with Gasteiger partial charge >= 0.3 is 0 Å². The highest BCUT2D eigenvalue weighted by molar-refractivity contribution is 7.42. The number of hydrogen-bond donors (Lipinski definition) is 0. The molecule has 2 aliphatic rings. The van der Waals surface area contributed by atoms with Crippen molar-refractivity contribution in [1.29, 1.82) is 0 Å². The molecule has 5 nitrogen and oxygen atoms in total. The Morgan fingerprint density at radius 2 is 1.09 bits per heavy atom. The second-order valence-corrected chi connectivity index (χ2v) is 11.3. The molecule has 0 spiro atoms. The molecule has 0 N–H and O–H groups in total. The van der Waals surface area contributed by atoms with Gasteiger partial charge in [-0.3, -0.25) is 0 Å². The molecule has 35 heavy (non-hydrogen) atoms. The predicted octanol–water partition coefficient (Wildman–Crippen LogP) is 5.54. The third-order valence-electron chi connectivity index (χ3n) is 7.64. The number of likely N-dealkylation sites (tertiary alicyclic amines) is 2. The van der Waals surface area contributed by atoms with Gasteiger partial charge in [-0.15, -0.1) is 0 Å². The lowest BCUT2D eigenvalue weighted by Gasteiger charge is -2.36. The van der Waals surface area contributed by atoms with Crippen LogP contribution in [0.3, 0.4) is 0 Å². The number of halogens is 1. The largest absolute Gasteiger partial charge is 0.786 e. The second-order valence-electron chi connectivity index (χ2n) is 10.4. The topological polar surface area (TPSA) is 63.2 Å². The summed E-state index contributed by atoms with van der Waals surface area (Å²) in [6.45, 7) is 9.94. The minimum Gasteiger partial charge on any atom is -0.786 e. The van der Waals surface area contributed by atoms with E-state index in [1.165, 1.54) is 84.8 Å². The molecule has 4 unspecified atom stereocenters. The van der Waals surface area contributed by atoms with Gasteiger partial charge in [0.1, 0.15) is 20.0 Å². The van der Waals surface area contributed by atoms with E-state index in [0.29, 0.717) is 0 Å². The van der Waals surface area contributed by atoms with Crippen molar-refractivity contribution in [2.45, 2.75) is 64.5 Å². The lowest BCUT2D eigenvalue weighted by Crippen LogP contribution is -2.43. The third kappa shape index (κ3) is 9.44. The molecule has 2 fully saturated rings. The van der Waals surface area contributed by atoms with Crippen LogP contribution in [0.1, 0.15) is 75.6 Å². The van der Waals surface area contributed by atoms with E-state index in [4.69, 9.17) is 14.4 Å². The fraction of sp³-hybridized carbons (Fsp3) is 0.571. The first-order chi connectivity index (χ1) is 16.5. The molecule has 196 valence electrons. The van der Waals surface area contributed by atoms with Gasteiger partial charge in [-0.25, -0.2) is 4.20 Å². The van der Waals surface area contributed by atoms with Gasteiger partial charge in [-0.05, 0) is 12.8 Å². The van der Waals surface area contributed by atoms with Crippen LogP contribution in [0.15, 0.2) is 60.7 Å². The fourth-order valence-electron chi connectivity index (χ4n) is 6.19. The van der Waals surface area contributed by atoms with Crippen LogP contribution in [0.25, 0.3) is 0 Å². The maximum atomic E-state index is 10.1. The van der Waals surface area contributed by atoms with Crippen molar-refractivity contribution in [1.82, 2.24) is 0 Å². The van der Waals surface area contributed by atoms with E-state index in [9.17, 15) is 4.20 Å². The van der Waals surface area contributed by atoms with Crippen molar-refractivity contribution >= 4 is 7.91 Å². The molecule has 2 saturated heterocycles. The van der Waals surface area contributed by atoms with E-state index >= 15 is 0 Å². The minimum absolute atomic E-state index is 0.742. The number of benzene rings is 2. The van der Waals surface area contributed by atoms with Gasteiger partial charge in [0.25, 0.3) is 0 Å². The van der Waals surface area contributed by atoms with Crippen LogP contribution in [0.4, 0.5) is 4.20 Å². The van der Waals surface area contributed by atoms with Gasteiger partial charge in [0.15, 0.2) is 0 Å². The van der Waals surface area contributed by atoms with E-state index in [1.54, 1.807) is 0 Å². The minimum atomic E-state index is -5.64. The summed E-state index contributed by atoms with van der Waals surface area (Å²) >= 11 is 0. The summed E-state index contributed by atoms with van der Waals surface area (Å²) in [5.74, 6) is 0. The van der Waals surface area contributed by atoms with Gasteiger partial charge in [-0.2, -0.15) is 0 Å². The van der Waals surface area contributed by atoms with Gasteiger partial charge < -0.3 is 23.3 Å². The molecule has 0 aromatic heterocycles. The van der Waals surface area contributed by atoms with Crippen LogP contribution >= 0.6 is 7.91 Å².